The number of hydrogen-bond acceptors (Lipinski definition) is 8. The van der Waals surface area contributed by atoms with Crippen LogP contribution in [0.2, 0.25) is 0 Å². The molecule has 0 amide bonds. The van der Waals surface area contributed by atoms with Crippen LogP contribution in [0, 0.1) is 0 Å². The number of fused-ring (bicyclic) bond motifs is 1. The van der Waals surface area contributed by atoms with E-state index in [0.29, 0.717) is 0 Å². The van der Waals surface area contributed by atoms with Gasteiger partial charge in [-0.3, -0.25) is 14.9 Å². The van der Waals surface area contributed by atoms with Crippen molar-refractivity contribution in [2.75, 3.05) is 5.73 Å². The highest BCUT2D eigenvalue weighted by Gasteiger charge is 2.53. The van der Waals surface area contributed by atoms with Gasteiger partial charge in [0.05, 0.1) is 5.69 Å². The molecule has 10 heteroatoms. The van der Waals surface area contributed by atoms with Crippen LogP contribution in [0.15, 0.2) is 4.79 Å². The van der Waals surface area contributed by atoms with Crippen molar-refractivity contribution < 1.29 is 20.1 Å². The van der Waals surface area contributed by atoms with E-state index in [1.165, 1.54) is 6.92 Å². The number of nitrogens with two attached hydrogens (primary N) is 1. The van der Waals surface area contributed by atoms with E-state index in [9.17, 15) is 20.1 Å². The Hall–Kier alpha value is -2.01. The molecule has 108 valence electrons. The first-order chi connectivity index (χ1) is 9.32. The van der Waals surface area contributed by atoms with E-state index in [1.807, 2.05) is 0 Å². The maximum Gasteiger partial charge on any atom is 0.280 e. The number of rotatable bonds is 1. The largest absolute Gasteiger partial charge is 0.385 e. The van der Waals surface area contributed by atoms with Crippen LogP contribution in [0.4, 0.5) is 5.95 Å². The van der Waals surface area contributed by atoms with Crippen LogP contribution < -0.4 is 11.3 Å². The molecular formula is C10H13N5O5. The summed E-state index contributed by atoms with van der Waals surface area (Å²) in [4.78, 5) is 17.9. The molecule has 0 radical (unpaired) electrons. The molecule has 3 heterocycles. The van der Waals surface area contributed by atoms with Gasteiger partial charge < -0.3 is 25.8 Å². The Morgan fingerprint density at radius 3 is 2.70 bits per heavy atom. The van der Waals surface area contributed by atoms with E-state index in [4.69, 9.17) is 10.5 Å². The van der Waals surface area contributed by atoms with Gasteiger partial charge in [0.2, 0.25) is 5.95 Å². The molecule has 10 nitrogen and oxygen atoms in total. The predicted molar refractivity (Wildman–Crippen MR) is 65.4 cm³/mol. The number of nitrogens with one attached hydrogen (secondary N) is 2. The Morgan fingerprint density at radius 2 is 2.10 bits per heavy atom. The van der Waals surface area contributed by atoms with Gasteiger partial charge in [0.1, 0.15) is 23.3 Å². The fourth-order valence-corrected chi connectivity index (χ4v) is 2.28. The lowest BCUT2D eigenvalue weighted by molar-refractivity contribution is -0.128. The van der Waals surface area contributed by atoms with Gasteiger partial charge in [0.25, 0.3) is 5.56 Å². The van der Waals surface area contributed by atoms with Crippen molar-refractivity contribution in [3.05, 3.63) is 16.0 Å². The lowest BCUT2D eigenvalue weighted by atomic mass is 9.92. The van der Waals surface area contributed by atoms with Crippen LogP contribution in [-0.4, -0.2) is 53.5 Å². The lowest BCUT2D eigenvalue weighted by Crippen LogP contribution is -2.42. The maximum atomic E-state index is 11.7. The van der Waals surface area contributed by atoms with Crippen molar-refractivity contribution in [2.45, 2.75) is 31.0 Å². The Morgan fingerprint density at radius 1 is 1.40 bits per heavy atom. The lowest BCUT2D eigenvalue weighted by Gasteiger charge is -2.25. The molecule has 4 atom stereocenters. The van der Waals surface area contributed by atoms with Crippen LogP contribution in [0.25, 0.3) is 11.0 Å². The monoisotopic (exact) mass is 283 g/mol. The predicted octanol–water partition coefficient (Wildman–Crippen LogP) is -2.27. The highest BCUT2D eigenvalue weighted by Crippen LogP contribution is 2.41. The van der Waals surface area contributed by atoms with Gasteiger partial charge in [0, 0.05) is 0 Å². The van der Waals surface area contributed by atoms with E-state index >= 15 is 0 Å². The molecule has 0 spiro atoms. The summed E-state index contributed by atoms with van der Waals surface area (Å²) in [6.45, 7) is 1.29. The summed E-state index contributed by atoms with van der Waals surface area (Å²) in [5.41, 5.74) is 3.39. The number of nitrogens with zero attached hydrogens (tertiary/aromatic N) is 2. The van der Waals surface area contributed by atoms with Crippen molar-refractivity contribution in [1.29, 1.82) is 0 Å². The van der Waals surface area contributed by atoms with E-state index in [0.717, 1.165) is 0 Å². The third-order valence-corrected chi connectivity index (χ3v) is 3.39. The van der Waals surface area contributed by atoms with Crippen LogP contribution in [0.5, 0.6) is 0 Å². The molecule has 1 saturated heterocycles. The van der Waals surface area contributed by atoms with Gasteiger partial charge in [-0.2, -0.15) is 5.10 Å². The van der Waals surface area contributed by atoms with E-state index in [2.05, 4.69) is 20.2 Å². The van der Waals surface area contributed by atoms with Gasteiger partial charge in [-0.15, -0.1) is 0 Å². The Labute approximate surface area is 111 Å². The molecule has 1 fully saturated rings. The van der Waals surface area contributed by atoms with Crippen LogP contribution in [0.1, 0.15) is 18.7 Å². The summed E-state index contributed by atoms with van der Waals surface area (Å²) in [6.07, 6.45) is -4.20. The molecule has 0 bridgehead atoms. The summed E-state index contributed by atoms with van der Waals surface area (Å²) >= 11 is 0. The minimum Gasteiger partial charge on any atom is -0.385 e. The molecule has 3 rings (SSSR count). The number of nitrogen functional groups attached to an aromatic ring is 1. The smallest absolute Gasteiger partial charge is 0.280 e. The number of aliphatic hydroxyl groups excluding tert-OH is 2. The van der Waals surface area contributed by atoms with Gasteiger partial charge in [0.15, 0.2) is 11.8 Å². The Bertz CT molecular complexity index is 722. The van der Waals surface area contributed by atoms with Gasteiger partial charge >= 0.3 is 0 Å². The van der Waals surface area contributed by atoms with Gasteiger partial charge in [-0.25, -0.2) is 4.98 Å². The average molecular weight is 283 g/mol. The zero-order chi connectivity index (χ0) is 14.7. The van der Waals surface area contributed by atoms with E-state index < -0.39 is 29.7 Å². The molecule has 0 saturated carbocycles. The summed E-state index contributed by atoms with van der Waals surface area (Å²) in [7, 11) is 0. The SMILES string of the molecule is C[C@@]1(O)[C@H](O)C(O)O[C@H]1c1[nH]nc2c(=O)[nH]c(N)nc12. The quantitative estimate of drug-likeness (QED) is 0.340. The zero-order valence-electron chi connectivity index (χ0n) is 10.4. The fraction of sp³-hybridized carbons (Fsp3) is 0.500. The van der Waals surface area contributed by atoms with Gasteiger partial charge in [-0.1, -0.05) is 0 Å². The number of anilines is 1. The highest BCUT2D eigenvalue weighted by molar-refractivity contribution is 5.77. The van der Waals surface area contributed by atoms with E-state index in [-0.39, 0.29) is 22.7 Å². The molecule has 1 unspecified atom stereocenters. The number of aliphatic hydroxyl groups is 3. The normalized spacial score (nSPS) is 33.9. The number of hydrogen-bond donors (Lipinski definition) is 6. The number of aromatic amines is 2. The second kappa shape index (κ2) is 3.99. The first-order valence-corrected chi connectivity index (χ1v) is 5.80. The maximum absolute atomic E-state index is 11.7. The Balaban J connectivity index is 2.19. The third-order valence-electron chi connectivity index (χ3n) is 3.39. The second-order valence-electron chi connectivity index (χ2n) is 4.86. The minimum absolute atomic E-state index is 0.00974. The summed E-state index contributed by atoms with van der Waals surface area (Å²) < 4.78 is 5.11. The van der Waals surface area contributed by atoms with Crippen LogP contribution >= 0.6 is 0 Å². The van der Waals surface area contributed by atoms with Crippen molar-refractivity contribution in [1.82, 2.24) is 20.2 Å². The average Bonchev–Trinajstić information content (AvgIpc) is 2.85. The molecule has 2 aromatic heterocycles. The Kier molecular flexibility index (Phi) is 2.59. The number of H-pyrrole nitrogens is 2. The van der Waals surface area contributed by atoms with Crippen LogP contribution in [0.3, 0.4) is 0 Å². The minimum atomic E-state index is -1.78. The summed E-state index contributed by atoms with van der Waals surface area (Å²) in [5.74, 6) is -0.121. The molecule has 7 N–H and O–H groups in total. The molecule has 1 aliphatic rings. The highest BCUT2D eigenvalue weighted by atomic mass is 16.6. The molecular weight excluding hydrogens is 270 g/mol. The van der Waals surface area contributed by atoms with Crippen molar-refractivity contribution in [2.24, 2.45) is 0 Å². The van der Waals surface area contributed by atoms with Crippen molar-refractivity contribution >= 4 is 17.0 Å². The molecule has 0 aliphatic carbocycles. The second-order valence-corrected chi connectivity index (χ2v) is 4.86. The molecule has 1 aliphatic heterocycles. The molecule has 20 heavy (non-hydrogen) atoms. The number of ether oxygens (including phenoxy) is 1. The standard InChI is InChI=1S/C10H13N5O5/c1-10(19)5(16)8(18)20-6(10)3-2-4(15-14-3)7(17)13-9(11)12-2/h5-6,8,16,18-19H,1H3,(H,14,15)(H3,11,12,13,17)/t5-,6+,8?,10-/m1/s1. The van der Waals surface area contributed by atoms with E-state index in [1.54, 1.807) is 0 Å². The topological polar surface area (TPSA) is 170 Å². The number of aromatic nitrogens is 4. The first-order valence-electron chi connectivity index (χ1n) is 5.80. The first kappa shape index (κ1) is 13.0. The molecule has 2 aromatic rings. The summed E-state index contributed by atoms with van der Waals surface area (Å²) in [5, 5.41) is 35.7. The van der Waals surface area contributed by atoms with Crippen molar-refractivity contribution in [3.63, 3.8) is 0 Å². The fourth-order valence-electron chi connectivity index (χ4n) is 2.28. The third kappa shape index (κ3) is 1.63. The van der Waals surface area contributed by atoms with Crippen molar-refractivity contribution in [3.8, 4) is 0 Å². The van der Waals surface area contributed by atoms with Gasteiger partial charge in [-0.05, 0) is 6.92 Å². The molecule has 0 aromatic carbocycles. The summed E-state index contributed by atoms with van der Waals surface area (Å²) in [6, 6.07) is 0. The van der Waals surface area contributed by atoms with Crippen LogP contribution in [-0.2, 0) is 4.74 Å². The zero-order valence-corrected chi connectivity index (χ0v) is 10.4.